The number of hydrogen-bond acceptors (Lipinski definition) is 4. The molecule has 1 heterocycles. The van der Waals surface area contributed by atoms with Crippen molar-refractivity contribution in [3.05, 3.63) is 29.8 Å². The average molecular weight is 404 g/mol. The SMILES string of the molecule is CNCCCNC(=O)c1ccc(S(=O)(=O)N2CC(C)CC(C)C2)cc1.Cl. The second-order valence-corrected chi connectivity index (χ2v) is 8.94. The lowest BCUT2D eigenvalue weighted by molar-refractivity contribution is 0.0953. The predicted molar refractivity (Wildman–Crippen MR) is 106 cm³/mol. The quantitative estimate of drug-likeness (QED) is 0.683. The van der Waals surface area contributed by atoms with Gasteiger partial charge in [0.2, 0.25) is 10.0 Å². The summed E-state index contributed by atoms with van der Waals surface area (Å²) in [5, 5.41) is 5.85. The minimum absolute atomic E-state index is 0. The predicted octanol–water partition coefficient (Wildman–Crippen LogP) is 2.11. The van der Waals surface area contributed by atoms with Crippen LogP contribution in [0.1, 0.15) is 37.0 Å². The smallest absolute Gasteiger partial charge is 0.251 e. The maximum atomic E-state index is 12.8. The number of nitrogens with one attached hydrogen (secondary N) is 2. The molecule has 0 saturated carbocycles. The third-order valence-electron chi connectivity index (χ3n) is 4.48. The molecule has 0 radical (unpaired) electrons. The van der Waals surface area contributed by atoms with Gasteiger partial charge in [-0.15, -0.1) is 12.4 Å². The van der Waals surface area contributed by atoms with Crippen molar-refractivity contribution >= 4 is 28.3 Å². The number of nitrogens with zero attached hydrogens (tertiary/aromatic N) is 1. The number of amides is 1. The van der Waals surface area contributed by atoms with E-state index in [0.29, 0.717) is 37.0 Å². The minimum Gasteiger partial charge on any atom is -0.352 e. The van der Waals surface area contributed by atoms with E-state index in [1.807, 2.05) is 7.05 Å². The Kier molecular flexibility index (Phi) is 9.03. The summed E-state index contributed by atoms with van der Waals surface area (Å²) in [7, 11) is -1.64. The van der Waals surface area contributed by atoms with Gasteiger partial charge in [-0.3, -0.25) is 4.79 Å². The van der Waals surface area contributed by atoms with Gasteiger partial charge < -0.3 is 10.6 Å². The van der Waals surface area contributed by atoms with Crippen LogP contribution in [0, 0.1) is 11.8 Å². The molecule has 1 aromatic rings. The fourth-order valence-electron chi connectivity index (χ4n) is 3.30. The van der Waals surface area contributed by atoms with Gasteiger partial charge in [0.15, 0.2) is 0 Å². The Morgan fingerprint density at radius 3 is 2.23 bits per heavy atom. The van der Waals surface area contributed by atoms with Crippen molar-refractivity contribution in [1.29, 1.82) is 0 Å². The van der Waals surface area contributed by atoms with Crippen LogP contribution in [0.4, 0.5) is 0 Å². The lowest BCUT2D eigenvalue weighted by Gasteiger charge is -2.34. The van der Waals surface area contributed by atoms with Crippen molar-refractivity contribution in [3.63, 3.8) is 0 Å². The first kappa shape index (κ1) is 22.9. The summed E-state index contributed by atoms with van der Waals surface area (Å²) in [4.78, 5) is 12.3. The average Bonchev–Trinajstić information content (AvgIpc) is 2.58. The fraction of sp³-hybridized carbons (Fsp3) is 0.611. The van der Waals surface area contributed by atoms with Crippen LogP contribution < -0.4 is 10.6 Å². The Balaban J connectivity index is 0.00000338. The van der Waals surface area contributed by atoms with Crippen LogP contribution in [-0.4, -0.2) is 51.9 Å². The van der Waals surface area contributed by atoms with Crippen LogP contribution in [0.2, 0.25) is 0 Å². The number of carbonyl (C=O) groups is 1. The third-order valence-corrected chi connectivity index (χ3v) is 6.32. The van der Waals surface area contributed by atoms with Crippen molar-refractivity contribution in [2.45, 2.75) is 31.6 Å². The highest BCUT2D eigenvalue weighted by molar-refractivity contribution is 7.89. The Hall–Kier alpha value is -1.15. The molecule has 8 heteroatoms. The van der Waals surface area contributed by atoms with Gasteiger partial charge >= 0.3 is 0 Å². The van der Waals surface area contributed by atoms with Gasteiger partial charge in [0.05, 0.1) is 4.90 Å². The molecule has 6 nitrogen and oxygen atoms in total. The van der Waals surface area contributed by atoms with Crippen molar-refractivity contribution in [3.8, 4) is 0 Å². The first-order chi connectivity index (χ1) is 11.8. The van der Waals surface area contributed by atoms with Crippen molar-refractivity contribution in [2.24, 2.45) is 11.8 Å². The largest absolute Gasteiger partial charge is 0.352 e. The maximum Gasteiger partial charge on any atom is 0.251 e. The molecule has 1 aromatic carbocycles. The van der Waals surface area contributed by atoms with E-state index < -0.39 is 10.0 Å². The van der Waals surface area contributed by atoms with Crippen molar-refractivity contribution in [2.75, 3.05) is 33.2 Å². The van der Waals surface area contributed by atoms with E-state index in [9.17, 15) is 13.2 Å². The highest BCUT2D eigenvalue weighted by Crippen LogP contribution is 2.26. The fourth-order valence-corrected chi connectivity index (χ4v) is 4.98. The number of rotatable bonds is 7. The van der Waals surface area contributed by atoms with Crippen LogP contribution in [0.25, 0.3) is 0 Å². The molecule has 1 aliphatic rings. The molecule has 2 unspecified atom stereocenters. The summed E-state index contributed by atoms with van der Waals surface area (Å²) >= 11 is 0. The molecule has 1 saturated heterocycles. The van der Waals surface area contributed by atoms with E-state index in [1.165, 1.54) is 12.1 Å². The van der Waals surface area contributed by atoms with Crippen LogP contribution >= 0.6 is 12.4 Å². The second-order valence-electron chi connectivity index (χ2n) is 7.01. The molecule has 0 spiro atoms. The zero-order chi connectivity index (χ0) is 18.4. The molecule has 1 fully saturated rings. The van der Waals surface area contributed by atoms with Gasteiger partial charge in [0.25, 0.3) is 5.91 Å². The van der Waals surface area contributed by atoms with Gasteiger partial charge in [0, 0.05) is 25.2 Å². The van der Waals surface area contributed by atoms with Crippen LogP contribution in [0.15, 0.2) is 29.2 Å². The van der Waals surface area contributed by atoms with E-state index >= 15 is 0 Å². The van der Waals surface area contributed by atoms with Gasteiger partial charge in [-0.25, -0.2) is 8.42 Å². The molecule has 0 aromatic heterocycles. The molecular weight excluding hydrogens is 374 g/mol. The summed E-state index contributed by atoms with van der Waals surface area (Å²) in [5.41, 5.74) is 0.476. The van der Waals surface area contributed by atoms with Crippen LogP contribution in [0.5, 0.6) is 0 Å². The van der Waals surface area contributed by atoms with Crippen LogP contribution in [0.3, 0.4) is 0 Å². The summed E-state index contributed by atoms with van der Waals surface area (Å²) in [6, 6.07) is 6.22. The summed E-state index contributed by atoms with van der Waals surface area (Å²) in [6.07, 6.45) is 1.90. The number of carbonyl (C=O) groups excluding carboxylic acids is 1. The van der Waals surface area contributed by atoms with E-state index in [2.05, 4.69) is 24.5 Å². The Bertz CT molecular complexity index is 669. The number of piperidine rings is 1. The molecule has 2 rings (SSSR count). The molecule has 148 valence electrons. The summed E-state index contributed by atoms with van der Waals surface area (Å²) in [5.74, 6) is 0.544. The lowest BCUT2D eigenvalue weighted by Crippen LogP contribution is -2.42. The van der Waals surface area contributed by atoms with Gasteiger partial charge in [-0.1, -0.05) is 13.8 Å². The topological polar surface area (TPSA) is 78.5 Å². The first-order valence-corrected chi connectivity index (χ1v) is 10.3. The number of hydrogen-bond donors (Lipinski definition) is 2. The Morgan fingerprint density at radius 1 is 1.12 bits per heavy atom. The molecule has 26 heavy (non-hydrogen) atoms. The van der Waals surface area contributed by atoms with Crippen molar-refractivity contribution in [1.82, 2.24) is 14.9 Å². The third kappa shape index (κ3) is 5.94. The molecule has 1 aliphatic heterocycles. The summed E-state index contributed by atoms with van der Waals surface area (Å²) in [6.45, 7) is 6.70. The van der Waals surface area contributed by atoms with E-state index in [-0.39, 0.29) is 23.2 Å². The zero-order valence-electron chi connectivity index (χ0n) is 15.7. The van der Waals surface area contributed by atoms with Crippen LogP contribution in [-0.2, 0) is 10.0 Å². The van der Waals surface area contributed by atoms with Gasteiger partial charge in [-0.2, -0.15) is 4.31 Å². The molecule has 1 amide bonds. The lowest BCUT2D eigenvalue weighted by atomic mass is 9.94. The number of halogens is 1. The van der Waals surface area contributed by atoms with E-state index in [4.69, 9.17) is 0 Å². The normalized spacial score (nSPS) is 21.0. The van der Waals surface area contributed by atoms with Gasteiger partial charge in [0.1, 0.15) is 0 Å². The molecule has 2 N–H and O–H groups in total. The standard InChI is InChI=1S/C18H29N3O3S.ClH/c1-14-11-15(2)13-21(12-14)25(23,24)17-7-5-16(6-8-17)18(22)20-10-4-9-19-3;/h5-8,14-15,19H,4,9-13H2,1-3H3,(H,20,22);1H. The Labute approximate surface area is 163 Å². The molecule has 0 aliphatic carbocycles. The van der Waals surface area contributed by atoms with E-state index in [1.54, 1.807) is 16.4 Å². The Morgan fingerprint density at radius 2 is 1.69 bits per heavy atom. The zero-order valence-corrected chi connectivity index (χ0v) is 17.3. The number of sulfonamides is 1. The van der Waals surface area contributed by atoms with Crippen molar-refractivity contribution < 1.29 is 13.2 Å². The van der Waals surface area contributed by atoms with E-state index in [0.717, 1.165) is 19.4 Å². The second kappa shape index (κ2) is 10.3. The minimum atomic E-state index is -3.50. The maximum absolute atomic E-state index is 12.8. The molecular formula is C18H30ClN3O3S. The monoisotopic (exact) mass is 403 g/mol. The number of benzene rings is 1. The highest BCUT2D eigenvalue weighted by atomic mass is 35.5. The highest BCUT2D eigenvalue weighted by Gasteiger charge is 2.31. The summed E-state index contributed by atoms with van der Waals surface area (Å²) < 4.78 is 27.2. The van der Waals surface area contributed by atoms with Gasteiger partial charge in [-0.05, 0) is 62.5 Å². The molecule has 2 atom stereocenters. The molecule has 0 bridgehead atoms. The first-order valence-electron chi connectivity index (χ1n) is 8.87.